The Morgan fingerprint density at radius 2 is 0.693 bits per heavy atom. The van der Waals surface area contributed by atoms with E-state index in [0.717, 1.165) is 83.5 Å². The first-order valence-corrected chi connectivity index (χ1v) is 39.3. The van der Waals surface area contributed by atoms with Crippen LogP contribution in [0, 0.1) is 0 Å². The van der Waals surface area contributed by atoms with E-state index in [-0.39, 0.29) is 12.3 Å². The quantitative estimate of drug-likeness (QED) is 0.0199. The number of allylic oxidation sites excluding steroid dienone is 19. The normalized spacial score (nSPS) is 27.0. The van der Waals surface area contributed by atoms with Crippen LogP contribution in [0.15, 0.2) is 122 Å². The lowest BCUT2D eigenvalue weighted by molar-refractivity contribution is -0.379. The van der Waals surface area contributed by atoms with E-state index in [1.807, 2.05) is 6.08 Å². The topological polar surface area (TPSA) is 307 Å². The molecule has 3 fully saturated rings. The third kappa shape index (κ3) is 41.6. The summed E-state index contributed by atoms with van der Waals surface area (Å²) in [5.41, 5.74) is 0. The van der Waals surface area contributed by atoms with Gasteiger partial charge in [-0.05, 0) is 96.3 Å². The largest absolute Gasteiger partial charge is 0.394 e. The van der Waals surface area contributed by atoms with Gasteiger partial charge in [-0.2, -0.15) is 0 Å². The minimum absolute atomic E-state index is 0.172. The summed E-state index contributed by atoms with van der Waals surface area (Å²) in [5, 5.41) is 121. The van der Waals surface area contributed by atoms with Crippen molar-refractivity contribution in [3.05, 3.63) is 122 Å². The predicted molar refractivity (Wildman–Crippen MR) is 401 cm³/mol. The van der Waals surface area contributed by atoms with Crippen LogP contribution in [0.5, 0.6) is 0 Å². The van der Waals surface area contributed by atoms with Gasteiger partial charge in [-0.3, -0.25) is 4.79 Å². The summed E-state index contributed by atoms with van der Waals surface area (Å²) in [6.07, 6.45) is 59.0. The van der Waals surface area contributed by atoms with Crippen molar-refractivity contribution in [2.45, 2.75) is 362 Å². The molecule has 19 nitrogen and oxygen atoms in total. The van der Waals surface area contributed by atoms with Crippen LogP contribution in [0.4, 0.5) is 0 Å². The number of aliphatic hydroxyl groups is 11. The van der Waals surface area contributed by atoms with Crippen LogP contribution in [-0.2, 0) is 33.2 Å². The Kier molecular flexibility index (Phi) is 55.5. The summed E-state index contributed by atoms with van der Waals surface area (Å²) >= 11 is 0. The SMILES string of the molecule is CC/C=C\C/C=C\C/C=C\C/C=C\C/C=C\C/C=C\C/C=C\C/C=C\CCCCC(=O)NC(COC1OC(CO)C(OC2OC(CO)C(OC3OC(CO)C(O)C(O)C3O)C(O)C2O)C(O)C1O)C(O)/C=C/CC/C=C/CCCCCCCCCCCCCCCCCCCCCCCCC. The monoisotopic (exact) mass is 1430 g/mol. The van der Waals surface area contributed by atoms with Gasteiger partial charge >= 0.3 is 0 Å². The van der Waals surface area contributed by atoms with Gasteiger partial charge in [0.2, 0.25) is 5.91 Å². The Labute approximate surface area is 608 Å². The van der Waals surface area contributed by atoms with Gasteiger partial charge in [-0.15, -0.1) is 0 Å². The Morgan fingerprint density at radius 3 is 1.11 bits per heavy atom. The average molecular weight is 1430 g/mol. The molecule has 0 radical (unpaired) electrons. The van der Waals surface area contributed by atoms with Crippen LogP contribution in [-0.4, -0.2) is 193 Å². The van der Waals surface area contributed by atoms with E-state index in [4.69, 9.17) is 28.4 Å². The molecular formula is C82H139NO18. The summed E-state index contributed by atoms with van der Waals surface area (Å²) < 4.78 is 34.4. The predicted octanol–water partition coefficient (Wildman–Crippen LogP) is 12.7. The first kappa shape index (κ1) is 91.4. The highest BCUT2D eigenvalue weighted by atomic mass is 16.8. The second-order valence-electron chi connectivity index (χ2n) is 27.4. The number of aliphatic hydroxyl groups excluding tert-OH is 11. The number of carbonyl (C=O) groups excluding carboxylic acids is 1. The molecule has 19 heteroatoms. The van der Waals surface area contributed by atoms with Crippen molar-refractivity contribution in [1.29, 1.82) is 0 Å². The van der Waals surface area contributed by atoms with Crippen molar-refractivity contribution < 1.29 is 89.4 Å². The van der Waals surface area contributed by atoms with Crippen LogP contribution in [0.2, 0.25) is 0 Å². The van der Waals surface area contributed by atoms with Gasteiger partial charge in [0, 0.05) is 6.42 Å². The summed E-state index contributed by atoms with van der Waals surface area (Å²) in [5.74, 6) is -0.331. The van der Waals surface area contributed by atoms with E-state index in [2.05, 4.69) is 129 Å². The zero-order chi connectivity index (χ0) is 73.2. The van der Waals surface area contributed by atoms with Gasteiger partial charge in [0.15, 0.2) is 18.9 Å². The summed E-state index contributed by atoms with van der Waals surface area (Å²) in [4.78, 5) is 13.4. The molecule has 0 aromatic rings. The maximum absolute atomic E-state index is 13.4. The number of nitrogens with one attached hydrogen (secondary N) is 1. The van der Waals surface area contributed by atoms with Gasteiger partial charge in [-0.25, -0.2) is 0 Å². The maximum Gasteiger partial charge on any atom is 0.220 e. The maximum atomic E-state index is 13.4. The van der Waals surface area contributed by atoms with E-state index >= 15 is 0 Å². The summed E-state index contributed by atoms with van der Waals surface area (Å²) in [6.45, 7) is 1.58. The number of unbranched alkanes of at least 4 members (excludes halogenated alkanes) is 26. The molecule has 3 saturated heterocycles. The van der Waals surface area contributed by atoms with Gasteiger partial charge in [0.1, 0.15) is 73.2 Å². The Hall–Kier alpha value is -3.81. The van der Waals surface area contributed by atoms with Crippen LogP contribution in [0.1, 0.15) is 258 Å². The zero-order valence-electron chi connectivity index (χ0n) is 61.8. The molecule has 0 spiro atoms. The standard InChI is InChI=1S/C82H139NO18/c1-3-5-7-9-11-13-15-17-19-21-23-25-27-29-31-32-34-35-37-39-41-43-45-47-49-51-53-55-57-59-66(87)65(83-70(88)60-58-56-54-52-50-48-46-44-42-40-38-36-33-30-28-26-24-22-20-18-16-14-12-10-8-6-4-2)64-96-80-76(94)73(91)78(68(62-85)98-80)101-82-77(95)74(92)79(69(63-86)99-82)100-81-75(93)72(90)71(89)67(61-84)97-81/h6,8,12,14,18,20,24,26,30,33,38,40,44,46,49-52,57,59,65-69,71-82,84-87,89-95H,3-5,7,9-11,13,15-17,19,21-23,25,27-29,31-32,34-37,39,41-43,45,47-48,53-56,58,60-64H2,1-2H3,(H,83,88)/b8-6-,14-12-,20-18-,26-24-,33-30-,40-38-,46-44-,51-49+,52-50-,59-57+. The van der Waals surface area contributed by atoms with Crippen molar-refractivity contribution in [3.8, 4) is 0 Å². The van der Waals surface area contributed by atoms with Crippen LogP contribution >= 0.6 is 0 Å². The second kappa shape index (κ2) is 61.4. The van der Waals surface area contributed by atoms with Gasteiger partial charge in [-0.1, -0.05) is 277 Å². The van der Waals surface area contributed by atoms with Crippen LogP contribution in [0.3, 0.4) is 0 Å². The lowest BCUT2D eigenvalue weighted by Gasteiger charge is -2.48. The van der Waals surface area contributed by atoms with Crippen molar-refractivity contribution in [1.82, 2.24) is 5.32 Å². The van der Waals surface area contributed by atoms with Crippen molar-refractivity contribution in [2.75, 3.05) is 26.4 Å². The molecule has 3 rings (SSSR count). The summed E-state index contributed by atoms with van der Waals surface area (Å²) in [7, 11) is 0. The van der Waals surface area contributed by atoms with Gasteiger partial charge < -0.3 is 89.9 Å². The van der Waals surface area contributed by atoms with E-state index in [1.54, 1.807) is 6.08 Å². The fourth-order valence-corrected chi connectivity index (χ4v) is 12.5. The smallest absolute Gasteiger partial charge is 0.220 e. The molecule has 3 heterocycles. The Bertz CT molecular complexity index is 2300. The highest BCUT2D eigenvalue weighted by Crippen LogP contribution is 2.33. The molecule has 3 aliphatic rings. The number of amides is 1. The highest BCUT2D eigenvalue weighted by Gasteiger charge is 2.53. The van der Waals surface area contributed by atoms with Crippen molar-refractivity contribution in [3.63, 3.8) is 0 Å². The average Bonchev–Trinajstić information content (AvgIpc) is 0.782. The molecule has 17 atom stereocenters. The molecular weight excluding hydrogens is 1290 g/mol. The molecule has 580 valence electrons. The van der Waals surface area contributed by atoms with Gasteiger partial charge in [0.25, 0.3) is 0 Å². The molecule has 1 amide bonds. The second-order valence-corrected chi connectivity index (χ2v) is 27.4. The molecule has 0 bridgehead atoms. The van der Waals surface area contributed by atoms with E-state index in [9.17, 15) is 61.0 Å². The lowest BCUT2D eigenvalue weighted by atomic mass is 9.96. The lowest BCUT2D eigenvalue weighted by Crippen LogP contribution is -2.66. The third-order valence-electron chi connectivity index (χ3n) is 18.7. The van der Waals surface area contributed by atoms with E-state index < -0.39 is 131 Å². The van der Waals surface area contributed by atoms with Crippen molar-refractivity contribution >= 4 is 5.91 Å². The molecule has 0 saturated carbocycles. The minimum atomic E-state index is -1.99. The minimum Gasteiger partial charge on any atom is -0.394 e. The first-order valence-electron chi connectivity index (χ1n) is 39.3. The van der Waals surface area contributed by atoms with Crippen LogP contribution in [0.25, 0.3) is 0 Å². The zero-order valence-corrected chi connectivity index (χ0v) is 61.8. The highest BCUT2D eigenvalue weighted by molar-refractivity contribution is 5.76. The van der Waals surface area contributed by atoms with Crippen LogP contribution < -0.4 is 5.32 Å². The van der Waals surface area contributed by atoms with Crippen molar-refractivity contribution in [2.24, 2.45) is 0 Å². The number of ether oxygens (including phenoxy) is 6. The molecule has 101 heavy (non-hydrogen) atoms. The third-order valence-corrected chi connectivity index (χ3v) is 18.7. The Morgan fingerprint density at radius 1 is 0.366 bits per heavy atom. The number of hydrogen-bond acceptors (Lipinski definition) is 18. The molecule has 0 aromatic heterocycles. The fourth-order valence-electron chi connectivity index (χ4n) is 12.5. The number of rotatable bonds is 60. The number of carbonyl (C=O) groups is 1. The molecule has 12 N–H and O–H groups in total. The number of hydrogen-bond donors (Lipinski definition) is 12. The molecule has 3 aliphatic heterocycles. The van der Waals surface area contributed by atoms with E-state index in [0.29, 0.717) is 12.8 Å². The first-order chi connectivity index (χ1) is 49.3. The molecule has 0 aromatic carbocycles. The fraction of sp³-hybridized carbons (Fsp3) is 0.744. The summed E-state index contributed by atoms with van der Waals surface area (Å²) in [6, 6.07) is -1.02. The van der Waals surface area contributed by atoms with Gasteiger partial charge in [0.05, 0.1) is 38.6 Å². The molecule has 17 unspecified atom stereocenters. The van der Waals surface area contributed by atoms with E-state index in [1.165, 1.54) is 141 Å². The molecule has 0 aliphatic carbocycles. The Balaban J connectivity index is 1.43.